The van der Waals surface area contributed by atoms with Crippen LogP contribution in [0.1, 0.15) is 37.3 Å². The maximum absolute atomic E-state index is 5.93. The Bertz CT molecular complexity index is 449. The van der Waals surface area contributed by atoms with Crippen LogP contribution in [-0.4, -0.2) is 43.3 Å². The van der Waals surface area contributed by atoms with Crippen molar-refractivity contribution in [1.82, 2.24) is 10.2 Å². The second-order valence-corrected chi connectivity index (χ2v) is 6.25. The van der Waals surface area contributed by atoms with Crippen molar-refractivity contribution >= 4 is 0 Å². The van der Waals surface area contributed by atoms with Crippen LogP contribution < -0.4 is 5.32 Å². The van der Waals surface area contributed by atoms with Crippen molar-refractivity contribution in [3.8, 4) is 0 Å². The van der Waals surface area contributed by atoms with Crippen molar-refractivity contribution in [1.29, 1.82) is 0 Å². The summed E-state index contributed by atoms with van der Waals surface area (Å²) in [6.07, 6.45) is 5.51. The fourth-order valence-corrected chi connectivity index (χ4v) is 3.78. The van der Waals surface area contributed by atoms with E-state index in [-0.39, 0.29) is 0 Å². The number of hydrogen-bond acceptors (Lipinski definition) is 3. The van der Waals surface area contributed by atoms with Gasteiger partial charge in [0.25, 0.3) is 0 Å². The third kappa shape index (κ3) is 3.65. The highest BCUT2D eigenvalue weighted by atomic mass is 16.5. The number of benzene rings is 1. The van der Waals surface area contributed by atoms with Crippen LogP contribution in [0.25, 0.3) is 0 Å². The summed E-state index contributed by atoms with van der Waals surface area (Å²) in [5.41, 5.74) is 3.00. The molecular formula is C18H28N2O. The second kappa shape index (κ2) is 7.39. The van der Waals surface area contributed by atoms with Gasteiger partial charge < -0.3 is 10.1 Å². The zero-order valence-electron chi connectivity index (χ0n) is 13.2. The Morgan fingerprint density at radius 2 is 2.10 bits per heavy atom. The lowest BCUT2D eigenvalue weighted by atomic mass is 10.0. The maximum Gasteiger partial charge on any atom is 0.0731 e. The van der Waals surface area contributed by atoms with Gasteiger partial charge in [-0.1, -0.05) is 31.2 Å². The van der Waals surface area contributed by atoms with E-state index >= 15 is 0 Å². The molecule has 2 fully saturated rings. The largest absolute Gasteiger partial charge is 0.375 e. The molecule has 1 N–H and O–H groups in total. The second-order valence-electron chi connectivity index (χ2n) is 6.25. The highest BCUT2D eigenvalue weighted by Gasteiger charge is 2.35. The first-order valence-corrected chi connectivity index (χ1v) is 8.51. The van der Waals surface area contributed by atoms with Gasteiger partial charge in [-0.3, -0.25) is 4.90 Å². The molecule has 1 saturated carbocycles. The smallest absolute Gasteiger partial charge is 0.0731 e. The minimum atomic E-state index is 0.493. The van der Waals surface area contributed by atoms with Crippen LogP contribution in [0, 0.1) is 0 Å². The summed E-state index contributed by atoms with van der Waals surface area (Å²) in [5.74, 6) is 0. The molecule has 1 heterocycles. The van der Waals surface area contributed by atoms with E-state index in [1.165, 1.54) is 30.4 Å². The molecule has 1 aliphatic heterocycles. The number of hydrogen-bond donors (Lipinski definition) is 1. The molecule has 1 aromatic rings. The van der Waals surface area contributed by atoms with Crippen LogP contribution in [0.5, 0.6) is 0 Å². The molecule has 1 aliphatic carbocycles. The van der Waals surface area contributed by atoms with Crippen LogP contribution in [0.4, 0.5) is 0 Å². The summed E-state index contributed by atoms with van der Waals surface area (Å²) in [7, 11) is 0. The first-order chi connectivity index (χ1) is 10.4. The van der Waals surface area contributed by atoms with Crippen LogP contribution in [0.15, 0.2) is 24.3 Å². The lowest BCUT2D eigenvalue weighted by Gasteiger charge is -2.38. The molecule has 2 aliphatic rings. The van der Waals surface area contributed by atoms with E-state index in [1.807, 2.05) is 0 Å². The molecule has 2 atom stereocenters. The van der Waals surface area contributed by atoms with Crippen LogP contribution >= 0.6 is 0 Å². The van der Waals surface area contributed by atoms with Gasteiger partial charge in [0.1, 0.15) is 0 Å². The molecule has 3 heteroatoms. The predicted molar refractivity (Wildman–Crippen MR) is 86.5 cm³/mol. The number of rotatable bonds is 6. The molecule has 2 unspecified atom stereocenters. The quantitative estimate of drug-likeness (QED) is 0.814. The number of likely N-dealkylation sites (N-methyl/N-ethyl adjacent to an activating group) is 1. The lowest BCUT2D eigenvalue weighted by molar-refractivity contribution is -0.0588. The van der Waals surface area contributed by atoms with Crippen LogP contribution in [-0.2, 0) is 17.7 Å². The summed E-state index contributed by atoms with van der Waals surface area (Å²) in [5, 5.41) is 3.43. The molecular weight excluding hydrogens is 260 g/mol. The molecule has 0 aromatic heterocycles. The van der Waals surface area contributed by atoms with E-state index in [9.17, 15) is 0 Å². The van der Waals surface area contributed by atoms with Gasteiger partial charge in [0.15, 0.2) is 0 Å². The maximum atomic E-state index is 5.93. The Balaban J connectivity index is 1.66. The minimum absolute atomic E-state index is 0.493. The average molecular weight is 288 g/mol. The van der Waals surface area contributed by atoms with Crippen LogP contribution in [0.3, 0.4) is 0 Å². The Hall–Kier alpha value is -0.900. The van der Waals surface area contributed by atoms with Crippen molar-refractivity contribution in [2.75, 3.05) is 26.2 Å². The van der Waals surface area contributed by atoms with Gasteiger partial charge in [-0.2, -0.15) is 0 Å². The minimum Gasteiger partial charge on any atom is -0.375 e. The first-order valence-electron chi connectivity index (χ1n) is 8.51. The van der Waals surface area contributed by atoms with E-state index in [4.69, 9.17) is 4.74 Å². The number of nitrogens with zero attached hydrogens (tertiary/aromatic N) is 1. The van der Waals surface area contributed by atoms with Gasteiger partial charge in [0, 0.05) is 19.1 Å². The summed E-state index contributed by atoms with van der Waals surface area (Å²) in [6, 6.07) is 9.60. The number of ether oxygens (including phenoxy) is 1. The van der Waals surface area contributed by atoms with Crippen molar-refractivity contribution in [2.45, 2.75) is 51.3 Å². The summed E-state index contributed by atoms with van der Waals surface area (Å²) in [6.45, 7) is 7.37. The van der Waals surface area contributed by atoms with Crippen molar-refractivity contribution < 1.29 is 4.74 Å². The average Bonchev–Trinajstić information content (AvgIpc) is 2.99. The number of nitrogens with one attached hydrogen (secondary N) is 1. The molecule has 1 aromatic carbocycles. The van der Waals surface area contributed by atoms with E-state index in [1.54, 1.807) is 0 Å². The van der Waals surface area contributed by atoms with Crippen LogP contribution in [0.2, 0.25) is 0 Å². The van der Waals surface area contributed by atoms with E-state index in [2.05, 4.69) is 41.4 Å². The van der Waals surface area contributed by atoms with Gasteiger partial charge in [0.2, 0.25) is 0 Å². The van der Waals surface area contributed by atoms with Gasteiger partial charge in [-0.05, 0) is 49.9 Å². The van der Waals surface area contributed by atoms with Crippen molar-refractivity contribution in [3.05, 3.63) is 35.4 Å². The lowest BCUT2D eigenvalue weighted by Crippen LogP contribution is -2.47. The highest BCUT2D eigenvalue weighted by Crippen LogP contribution is 2.31. The molecule has 1 saturated heterocycles. The van der Waals surface area contributed by atoms with Crippen molar-refractivity contribution in [3.63, 3.8) is 0 Å². The van der Waals surface area contributed by atoms with Crippen molar-refractivity contribution in [2.24, 2.45) is 0 Å². The van der Waals surface area contributed by atoms with Gasteiger partial charge in [-0.25, -0.2) is 0 Å². The third-order valence-corrected chi connectivity index (χ3v) is 4.91. The van der Waals surface area contributed by atoms with Gasteiger partial charge in [-0.15, -0.1) is 0 Å². The fraction of sp³-hybridized carbons (Fsp3) is 0.667. The molecule has 3 nitrogen and oxygen atoms in total. The Labute approximate surface area is 128 Å². The molecule has 0 amide bonds. The Morgan fingerprint density at radius 1 is 1.24 bits per heavy atom. The number of morpholine rings is 1. The predicted octanol–water partition coefficient (Wildman–Crippen LogP) is 2.59. The highest BCUT2D eigenvalue weighted by molar-refractivity contribution is 5.27. The summed E-state index contributed by atoms with van der Waals surface area (Å²) < 4.78 is 5.93. The molecule has 0 spiro atoms. The Kier molecular flexibility index (Phi) is 5.28. The zero-order chi connectivity index (χ0) is 14.5. The van der Waals surface area contributed by atoms with E-state index < -0.39 is 0 Å². The summed E-state index contributed by atoms with van der Waals surface area (Å²) >= 11 is 0. The van der Waals surface area contributed by atoms with E-state index in [0.29, 0.717) is 12.1 Å². The monoisotopic (exact) mass is 288 g/mol. The fourth-order valence-electron chi connectivity index (χ4n) is 3.78. The molecule has 0 bridgehead atoms. The molecule has 0 radical (unpaired) electrons. The SMILES string of the molecule is CCNCCc1ccccc1CN1CCOC2CCCC21. The topological polar surface area (TPSA) is 24.5 Å². The van der Waals surface area contributed by atoms with Gasteiger partial charge in [0.05, 0.1) is 12.7 Å². The first kappa shape index (κ1) is 15.0. The third-order valence-electron chi connectivity index (χ3n) is 4.91. The molecule has 3 rings (SSSR count). The standard InChI is InChI=1S/C18H28N2O/c1-2-19-11-10-15-6-3-4-7-16(15)14-20-12-13-21-18-9-5-8-17(18)20/h3-4,6-7,17-19H,2,5,8-14H2,1H3. The van der Waals surface area contributed by atoms with E-state index in [0.717, 1.165) is 39.2 Å². The zero-order valence-corrected chi connectivity index (χ0v) is 13.2. The van der Waals surface area contributed by atoms with Gasteiger partial charge >= 0.3 is 0 Å². The Morgan fingerprint density at radius 3 is 2.95 bits per heavy atom. The summed E-state index contributed by atoms with van der Waals surface area (Å²) in [4.78, 5) is 2.66. The molecule has 116 valence electrons. The normalized spacial score (nSPS) is 26.0. The number of fused-ring (bicyclic) bond motifs is 1. The molecule has 21 heavy (non-hydrogen) atoms.